The Hall–Kier alpha value is -2.18. The van der Waals surface area contributed by atoms with Crippen molar-refractivity contribution in [2.75, 3.05) is 7.05 Å². The second-order valence-electron chi connectivity index (χ2n) is 6.16. The third kappa shape index (κ3) is 3.91. The maximum Gasteiger partial charge on any atom is 0.253 e. The number of thiophene rings is 1. The van der Waals surface area contributed by atoms with Crippen LogP contribution in [0.25, 0.3) is 10.9 Å². The maximum atomic E-state index is 12.6. The SMILES string of the molecule is CNC(=S)N(Cc1cccs1)Cc1cc2c(C)cc(C)cc2[nH]c1=O. The summed E-state index contributed by atoms with van der Waals surface area (Å²) in [5, 5.41) is 6.78. The fraction of sp³-hybridized carbons (Fsp3) is 0.263. The second kappa shape index (κ2) is 7.37. The molecule has 0 aliphatic heterocycles. The van der Waals surface area contributed by atoms with Gasteiger partial charge < -0.3 is 15.2 Å². The van der Waals surface area contributed by atoms with Crippen molar-refractivity contribution in [1.82, 2.24) is 15.2 Å². The second-order valence-corrected chi connectivity index (χ2v) is 7.58. The first-order chi connectivity index (χ1) is 12.0. The fourth-order valence-electron chi connectivity index (χ4n) is 2.99. The molecule has 0 unspecified atom stereocenters. The summed E-state index contributed by atoms with van der Waals surface area (Å²) in [4.78, 5) is 18.8. The molecule has 2 aromatic heterocycles. The summed E-state index contributed by atoms with van der Waals surface area (Å²) in [5.41, 5.74) is 3.84. The summed E-state index contributed by atoms with van der Waals surface area (Å²) in [7, 11) is 1.81. The average molecular weight is 372 g/mol. The van der Waals surface area contributed by atoms with Gasteiger partial charge in [-0.15, -0.1) is 11.3 Å². The highest BCUT2D eigenvalue weighted by Gasteiger charge is 2.14. The predicted octanol–water partition coefficient (Wildman–Crippen LogP) is 3.71. The molecular formula is C19H21N3OS2. The predicted molar refractivity (Wildman–Crippen MR) is 109 cm³/mol. The van der Waals surface area contributed by atoms with E-state index in [9.17, 15) is 4.79 Å². The number of nitrogens with one attached hydrogen (secondary N) is 2. The van der Waals surface area contributed by atoms with Crippen LogP contribution in [0.15, 0.2) is 40.5 Å². The molecule has 2 heterocycles. The molecule has 2 N–H and O–H groups in total. The number of H-pyrrole nitrogens is 1. The normalized spacial score (nSPS) is 10.8. The van der Waals surface area contributed by atoms with E-state index < -0.39 is 0 Å². The van der Waals surface area contributed by atoms with Crippen molar-refractivity contribution in [3.8, 4) is 0 Å². The van der Waals surface area contributed by atoms with Gasteiger partial charge in [-0.05, 0) is 60.8 Å². The molecule has 0 aliphatic rings. The molecule has 0 radical (unpaired) electrons. The minimum absolute atomic E-state index is 0.0624. The van der Waals surface area contributed by atoms with Gasteiger partial charge in [0.2, 0.25) is 0 Å². The van der Waals surface area contributed by atoms with Crippen LogP contribution in [0.1, 0.15) is 21.6 Å². The fourth-order valence-corrected chi connectivity index (χ4v) is 3.84. The first-order valence-electron chi connectivity index (χ1n) is 8.10. The van der Waals surface area contributed by atoms with Crippen LogP contribution in [0.2, 0.25) is 0 Å². The Kier molecular flexibility index (Phi) is 5.20. The molecule has 3 rings (SSSR count). The molecule has 25 heavy (non-hydrogen) atoms. The van der Waals surface area contributed by atoms with Crippen LogP contribution in [0.4, 0.5) is 0 Å². The van der Waals surface area contributed by atoms with Gasteiger partial charge in [-0.3, -0.25) is 4.79 Å². The summed E-state index contributed by atoms with van der Waals surface area (Å²) < 4.78 is 0. The molecule has 0 amide bonds. The van der Waals surface area contributed by atoms with E-state index in [1.807, 2.05) is 35.4 Å². The van der Waals surface area contributed by atoms with Crippen LogP contribution in [-0.4, -0.2) is 22.0 Å². The van der Waals surface area contributed by atoms with Gasteiger partial charge in [0.15, 0.2) is 5.11 Å². The first-order valence-corrected chi connectivity index (χ1v) is 9.39. The van der Waals surface area contributed by atoms with Crippen molar-refractivity contribution in [3.05, 3.63) is 67.6 Å². The summed E-state index contributed by atoms with van der Waals surface area (Å²) in [5.74, 6) is 0. The number of thiocarbonyl (C=S) groups is 1. The number of hydrogen-bond donors (Lipinski definition) is 2. The Bertz CT molecular complexity index is 961. The largest absolute Gasteiger partial charge is 0.366 e. The molecule has 0 atom stereocenters. The molecule has 1 aromatic carbocycles. The van der Waals surface area contributed by atoms with Crippen molar-refractivity contribution in [2.45, 2.75) is 26.9 Å². The lowest BCUT2D eigenvalue weighted by molar-refractivity contribution is 0.404. The van der Waals surface area contributed by atoms with Gasteiger partial charge >= 0.3 is 0 Å². The third-order valence-electron chi connectivity index (χ3n) is 4.18. The molecule has 0 spiro atoms. The third-order valence-corrected chi connectivity index (χ3v) is 5.50. The lowest BCUT2D eigenvalue weighted by Gasteiger charge is -2.24. The number of rotatable bonds is 4. The summed E-state index contributed by atoms with van der Waals surface area (Å²) >= 11 is 7.12. The number of nitrogens with zero attached hydrogens (tertiary/aromatic N) is 1. The highest BCUT2D eigenvalue weighted by molar-refractivity contribution is 7.80. The van der Waals surface area contributed by atoms with Crippen molar-refractivity contribution in [3.63, 3.8) is 0 Å². The van der Waals surface area contributed by atoms with Crippen molar-refractivity contribution in [1.29, 1.82) is 0 Å². The van der Waals surface area contributed by atoms with Gasteiger partial charge in [0.05, 0.1) is 13.1 Å². The number of hydrogen-bond acceptors (Lipinski definition) is 3. The minimum Gasteiger partial charge on any atom is -0.366 e. The molecule has 0 saturated carbocycles. The smallest absolute Gasteiger partial charge is 0.253 e. The van der Waals surface area contributed by atoms with E-state index in [1.54, 1.807) is 18.4 Å². The number of benzene rings is 1. The Balaban J connectivity index is 1.97. The molecule has 0 aliphatic carbocycles. The topological polar surface area (TPSA) is 48.1 Å². The maximum absolute atomic E-state index is 12.6. The van der Waals surface area contributed by atoms with E-state index in [2.05, 4.69) is 29.4 Å². The van der Waals surface area contributed by atoms with Gasteiger partial charge in [0.25, 0.3) is 5.56 Å². The van der Waals surface area contributed by atoms with E-state index in [0.717, 1.165) is 22.0 Å². The van der Waals surface area contributed by atoms with Crippen LogP contribution >= 0.6 is 23.6 Å². The van der Waals surface area contributed by atoms with Crippen LogP contribution < -0.4 is 10.9 Å². The van der Waals surface area contributed by atoms with E-state index >= 15 is 0 Å². The zero-order valence-corrected chi connectivity index (χ0v) is 16.2. The number of aromatic nitrogens is 1. The highest BCUT2D eigenvalue weighted by Crippen LogP contribution is 2.20. The number of pyridine rings is 1. The molecule has 0 fully saturated rings. The molecule has 130 valence electrons. The van der Waals surface area contributed by atoms with Gasteiger partial charge in [-0.2, -0.15) is 0 Å². The van der Waals surface area contributed by atoms with Gasteiger partial charge in [0, 0.05) is 28.4 Å². The van der Waals surface area contributed by atoms with Crippen LogP contribution in [0.3, 0.4) is 0 Å². The summed E-state index contributed by atoms with van der Waals surface area (Å²) in [6, 6.07) is 10.2. The minimum atomic E-state index is -0.0624. The van der Waals surface area contributed by atoms with Crippen LogP contribution in [0, 0.1) is 13.8 Å². The molecule has 6 heteroatoms. The lowest BCUT2D eigenvalue weighted by atomic mass is 10.0. The molecular weight excluding hydrogens is 350 g/mol. The number of fused-ring (bicyclic) bond motifs is 1. The van der Waals surface area contributed by atoms with E-state index in [0.29, 0.717) is 23.8 Å². The van der Waals surface area contributed by atoms with Crippen molar-refractivity contribution < 1.29 is 0 Å². The van der Waals surface area contributed by atoms with E-state index in [1.165, 1.54) is 4.88 Å². The summed E-state index contributed by atoms with van der Waals surface area (Å²) in [6.45, 7) is 5.25. The van der Waals surface area contributed by atoms with Crippen molar-refractivity contribution >= 4 is 39.6 Å². The zero-order valence-electron chi connectivity index (χ0n) is 14.6. The van der Waals surface area contributed by atoms with Gasteiger partial charge in [-0.1, -0.05) is 12.1 Å². The molecule has 0 saturated heterocycles. The average Bonchev–Trinajstić information content (AvgIpc) is 3.07. The lowest BCUT2D eigenvalue weighted by Crippen LogP contribution is -2.38. The Morgan fingerprint density at radius 1 is 1.28 bits per heavy atom. The Morgan fingerprint density at radius 2 is 2.08 bits per heavy atom. The van der Waals surface area contributed by atoms with E-state index in [4.69, 9.17) is 12.2 Å². The van der Waals surface area contributed by atoms with E-state index in [-0.39, 0.29) is 5.56 Å². The van der Waals surface area contributed by atoms with Gasteiger partial charge in [0.1, 0.15) is 0 Å². The Labute approximate surface area is 156 Å². The Morgan fingerprint density at radius 3 is 2.76 bits per heavy atom. The number of aryl methyl sites for hydroxylation is 2. The zero-order chi connectivity index (χ0) is 18.0. The van der Waals surface area contributed by atoms with Crippen LogP contribution in [-0.2, 0) is 13.1 Å². The molecule has 3 aromatic rings. The quantitative estimate of drug-likeness (QED) is 0.687. The highest BCUT2D eigenvalue weighted by atomic mass is 32.1. The van der Waals surface area contributed by atoms with Crippen LogP contribution in [0.5, 0.6) is 0 Å². The monoisotopic (exact) mass is 371 g/mol. The molecule has 4 nitrogen and oxygen atoms in total. The van der Waals surface area contributed by atoms with Gasteiger partial charge in [-0.25, -0.2) is 0 Å². The summed E-state index contributed by atoms with van der Waals surface area (Å²) in [6.07, 6.45) is 0. The van der Waals surface area contributed by atoms with Crippen molar-refractivity contribution in [2.24, 2.45) is 0 Å². The molecule has 0 bridgehead atoms. The standard InChI is InChI=1S/C19H21N3OS2/c1-12-7-13(2)16-9-14(18(23)21-17(16)8-12)10-22(19(24)20-3)11-15-5-4-6-25-15/h4-9H,10-11H2,1-3H3,(H,20,24)(H,21,23). The number of aromatic amines is 1. The first kappa shape index (κ1) is 17.6.